The smallest absolute Gasteiger partial charge is 0.134 e. The number of rotatable bonds is 4. The van der Waals surface area contributed by atoms with Crippen LogP contribution in [0.15, 0.2) is 51.4 Å². The summed E-state index contributed by atoms with van der Waals surface area (Å²) in [4.78, 5) is 0. The van der Waals surface area contributed by atoms with Crippen molar-refractivity contribution in [3.63, 3.8) is 0 Å². The molecule has 3 rings (SSSR count). The molecule has 1 aromatic heterocycles. The van der Waals surface area contributed by atoms with E-state index in [0.29, 0.717) is 13.1 Å². The Bertz CT molecular complexity index is 782. The normalized spacial score (nSPS) is 11.2. The summed E-state index contributed by atoms with van der Waals surface area (Å²) in [5.41, 5.74) is 2.96. The molecule has 0 spiro atoms. The van der Waals surface area contributed by atoms with Crippen LogP contribution >= 0.6 is 15.9 Å². The van der Waals surface area contributed by atoms with Gasteiger partial charge in [-0.1, -0.05) is 34.1 Å². The fourth-order valence-corrected chi connectivity index (χ4v) is 2.83. The molecule has 0 bridgehead atoms. The van der Waals surface area contributed by atoms with E-state index in [1.54, 1.807) is 6.07 Å². The summed E-state index contributed by atoms with van der Waals surface area (Å²) in [5.74, 6) is 0.696. The van der Waals surface area contributed by atoms with Crippen molar-refractivity contribution in [2.45, 2.75) is 20.0 Å². The molecular formula is C17H15BrFNO. The van der Waals surface area contributed by atoms with Crippen LogP contribution < -0.4 is 5.32 Å². The molecule has 2 nitrogen and oxygen atoms in total. The van der Waals surface area contributed by atoms with Crippen molar-refractivity contribution >= 4 is 26.9 Å². The fraction of sp³-hybridized carbons (Fsp3) is 0.176. The molecule has 3 aromatic rings. The Morgan fingerprint density at radius 3 is 2.81 bits per heavy atom. The minimum Gasteiger partial charge on any atom is -0.461 e. The SMILES string of the molecule is Cc1oc2ccccc2c1CNCc1cc(F)ccc1Br. The minimum atomic E-state index is -0.222. The van der Waals surface area contributed by atoms with E-state index < -0.39 is 0 Å². The van der Waals surface area contributed by atoms with Crippen LogP contribution in [-0.4, -0.2) is 0 Å². The van der Waals surface area contributed by atoms with Crippen LogP contribution in [0, 0.1) is 12.7 Å². The number of hydrogen-bond donors (Lipinski definition) is 1. The lowest BCUT2D eigenvalue weighted by Crippen LogP contribution is -2.13. The van der Waals surface area contributed by atoms with Gasteiger partial charge in [-0.25, -0.2) is 4.39 Å². The Balaban J connectivity index is 1.75. The van der Waals surface area contributed by atoms with Crippen molar-refractivity contribution in [3.05, 3.63) is 69.6 Å². The first kappa shape index (κ1) is 14.3. The largest absolute Gasteiger partial charge is 0.461 e. The maximum absolute atomic E-state index is 13.3. The monoisotopic (exact) mass is 347 g/mol. The fourth-order valence-electron chi connectivity index (χ4n) is 2.44. The summed E-state index contributed by atoms with van der Waals surface area (Å²) in [6.07, 6.45) is 0. The van der Waals surface area contributed by atoms with Crippen LogP contribution in [0.3, 0.4) is 0 Å². The molecule has 0 saturated carbocycles. The van der Waals surface area contributed by atoms with Gasteiger partial charge in [-0.3, -0.25) is 0 Å². The number of furan rings is 1. The minimum absolute atomic E-state index is 0.222. The first-order valence-corrected chi connectivity index (χ1v) is 7.56. The van der Waals surface area contributed by atoms with Gasteiger partial charge >= 0.3 is 0 Å². The lowest BCUT2D eigenvalue weighted by Gasteiger charge is -2.07. The van der Waals surface area contributed by atoms with Crippen molar-refractivity contribution in [2.75, 3.05) is 0 Å². The van der Waals surface area contributed by atoms with E-state index in [1.165, 1.54) is 12.1 Å². The molecule has 0 aliphatic heterocycles. The highest BCUT2D eigenvalue weighted by atomic mass is 79.9. The Kier molecular flexibility index (Phi) is 4.08. The lowest BCUT2D eigenvalue weighted by atomic mass is 10.1. The van der Waals surface area contributed by atoms with Gasteiger partial charge in [0, 0.05) is 28.5 Å². The third kappa shape index (κ3) is 3.01. The maximum Gasteiger partial charge on any atom is 0.134 e. The standard InChI is InChI=1S/C17H15BrFNO/c1-11-15(14-4-2-3-5-17(14)21-11)10-20-9-12-8-13(19)6-7-16(12)18/h2-8,20H,9-10H2,1H3. The van der Waals surface area contributed by atoms with E-state index in [4.69, 9.17) is 4.42 Å². The highest BCUT2D eigenvalue weighted by molar-refractivity contribution is 9.10. The molecule has 0 atom stereocenters. The van der Waals surface area contributed by atoms with Gasteiger partial charge < -0.3 is 9.73 Å². The van der Waals surface area contributed by atoms with Crippen LogP contribution in [0.4, 0.5) is 4.39 Å². The van der Waals surface area contributed by atoms with E-state index in [1.807, 2.05) is 25.1 Å². The van der Waals surface area contributed by atoms with Crippen molar-refractivity contribution in [1.82, 2.24) is 5.32 Å². The van der Waals surface area contributed by atoms with E-state index in [-0.39, 0.29) is 5.82 Å². The van der Waals surface area contributed by atoms with Gasteiger partial charge in [-0.05, 0) is 36.8 Å². The van der Waals surface area contributed by atoms with Crippen LogP contribution in [0.25, 0.3) is 11.0 Å². The third-order valence-corrected chi connectivity index (χ3v) is 4.30. The number of aryl methyl sites for hydroxylation is 1. The predicted octanol–water partition coefficient (Wildman–Crippen LogP) is 4.93. The van der Waals surface area contributed by atoms with Crippen molar-refractivity contribution in [1.29, 1.82) is 0 Å². The topological polar surface area (TPSA) is 25.2 Å². The number of benzene rings is 2. The number of hydrogen-bond acceptors (Lipinski definition) is 2. The van der Waals surface area contributed by atoms with E-state index in [2.05, 4.69) is 27.3 Å². The van der Waals surface area contributed by atoms with Crippen LogP contribution in [0.1, 0.15) is 16.9 Å². The average Bonchev–Trinajstić information content (AvgIpc) is 2.79. The second kappa shape index (κ2) is 6.00. The zero-order valence-electron chi connectivity index (χ0n) is 11.6. The highest BCUT2D eigenvalue weighted by Gasteiger charge is 2.10. The van der Waals surface area contributed by atoms with Crippen LogP contribution in [0.5, 0.6) is 0 Å². The second-order valence-electron chi connectivity index (χ2n) is 4.97. The predicted molar refractivity (Wildman–Crippen MR) is 85.6 cm³/mol. The molecule has 0 unspecified atom stereocenters. The molecule has 1 heterocycles. The van der Waals surface area contributed by atoms with Gasteiger partial charge in [0.15, 0.2) is 0 Å². The summed E-state index contributed by atoms with van der Waals surface area (Å²) in [7, 11) is 0. The molecule has 0 radical (unpaired) electrons. The molecule has 0 aliphatic carbocycles. The number of halogens is 2. The van der Waals surface area contributed by atoms with E-state index >= 15 is 0 Å². The summed E-state index contributed by atoms with van der Waals surface area (Å²) >= 11 is 3.44. The maximum atomic E-state index is 13.3. The van der Waals surface area contributed by atoms with Gasteiger partial charge in [0.05, 0.1) is 0 Å². The zero-order chi connectivity index (χ0) is 14.8. The average molecular weight is 348 g/mol. The van der Waals surface area contributed by atoms with Crippen LogP contribution in [-0.2, 0) is 13.1 Å². The molecule has 21 heavy (non-hydrogen) atoms. The zero-order valence-corrected chi connectivity index (χ0v) is 13.2. The van der Waals surface area contributed by atoms with E-state index in [9.17, 15) is 4.39 Å². The molecular weight excluding hydrogens is 333 g/mol. The summed E-state index contributed by atoms with van der Waals surface area (Å²) < 4.78 is 19.9. The first-order chi connectivity index (χ1) is 10.1. The van der Waals surface area contributed by atoms with E-state index in [0.717, 1.165) is 32.3 Å². The molecule has 0 fully saturated rings. The molecule has 0 saturated heterocycles. The van der Waals surface area contributed by atoms with Crippen molar-refractivity contribution < 1.29 is 8.81 Å². The molecule has 1 N–H and O–H groups in total. The van der Waals surface area contributed by atoms with Gasteiger partial charge in [-0.2, -0.15) is 0 Å². The number of para-hydroxylation sites is 1. The Morgan fingerprint density at radius 1 is 1.14 bits per heavy atom. The summed E-state index contributed by atoms with van der Waals surface area (Å²) in [6, 6.07) is 12.7. The highest BCUT2D eigenvalue weighted by Crippen LogP contribution is 2.25. The molecule has 4 heteroatoms. The van der Waals surface area contributed by atoms with Crippen LogP contribution in [0.2, 0.25) is 0 Å². The first-order valence-electron chi connectivity index (χ1n) is 6.77. The summed E-state index contributed by atoms with van der Waals surface area (Å²) in [6.45, 7) is 3.25. The quantitative estimate of drug-likeness (QED) is 0.723. The number of nitrogens with one attached hydrogen (secondary N) is 1. The molecule has 0 aliphatic rings. The molecule has 0 amide bonds. The lowest BCUT2D eigenvalue weighted by molar-refractivity contribution is 0.564. The van der Waals surface area contributed by atoms with Gasteiger partial charge in [0.2, 0.25) is 0 Å². The molecule has 2 aromatic carbocycles. The van der Waals surface area contributed by atoms with Gasteiger partial charge in [0.25, 0.3) is 0 Å². The van der Waals surface area contributed by atoms with Gasteiger partial charge in [0.1, 0.15) is 17.2 Å². The summed E-state index contributed by atoms with van der Waals surface area (Å²) in [5, 5.41) is 4.47. The van der Waals surface area contributed by atoms with Gasteiger partial charge in [-0.15, -0.1) is 0 Å². The van der Waals surface area contributed by atoms with Crippen molar-refractivity contribution in [2.24, 2.45) is 0 Å². The molecule has 108 valence electrons. The second-order valence-corrected chi connectivity index (χ2v) is 5.83. The van der Waals surface area contributed by atoms with Crippen molar-refractivity contribution in [3.8, 4) is 0 Å². The third-order valence-electron chi connectivity index (χ3n) is 3.53. The number of fused-ring (bicyclic) bond motifs is 1. The Labute approximate surface area is 131 Å². The Morgan fingerprint density at radius 2 is 1.95 bits per heavy atom. The Hall–Kier alpha value is -1.65.